The number of hydrogen-bond acceptors (Lipinski definition) is 2. The van der Waals surface area contributed by atoms with Gasteiger partial charge in [0.05, 0.1) is 16.8 Å². The smallest absolute Gasteiger partial charge is 0.267 e. The van der Waals surface area contributed by atoms with E-state index in [-0.39, 0.29) is 5.56 Å². The van der Waals surface area contributed by atoms with E-state index >= 15 is 0 Å². The van der Waals surface area contributed by atoms with Crippen molar-refractivity contribution in [1.29, 1.82) is 0 Å². The molecule has 0 aliphatic heterocycles. The molecule has 0 aromatic heterocycles. The van der Waals surface area contributed by atoms with E-state index in [0.717, 1.165) is 11.1 Å². The zero-order valence-electron chi connectivity index (χ0n) is 11.9. The SMILES string of the molecule is CC(/C=N\NC(=O)c1cc(Cl)ccc1Cl)=C\c1ccccc1. The Bertz CT molecular complexity index is 725. The lowest BCUT2D eigenvalue weighted by Crippen LogP contribution is -2.18. The van der Waals surface area contributed by atoms with Crippen molar-refractivity contribution in [2.75, 3.05) is 0 Å². The maximum absolute atomic E-state index is 12.0. The summed E-state index contributed by atoms with van der Waals surface area (Å²) in [5.74, 6) is -0.406. The molecule has 0 saturated carbocycles. The molecule has 112 valence electrons. The lowest BCUT2D eigenvalue weighted by atomic mass is 10.1. The van der Waals surface area contributed by atoms with Crippen LogP contribution in [0.15, 0.2) is 59.2 Å². The first-order chi connectivity index (χ1) is 10.6. The second-order valence-electron chi connectivity index (χ2n) is 4.62. The van der Waals surface area contributed by atoms with Crippen LogP contribution in [0.5, 0.6) is 0 Å². The fraction of sp³-hybridized carbons (Fsp3) is 0.0588. The Morgan fingerprint density at radius 3 is 2.59 bits per heavy atom. The zero-order valence-corrected chi connectivity index (χ0v) is 13.4. The molecule has 22 heavy (non-hydrogen) atoms. The third-order valence-corrected chi connectivity index (χ3v) is 3.37. The van der Waals surface area contributed by atoms with Crippen molar-refractivity contribution in [3.63, 3.8) is 0 Å². The number of rotatable bonds is 4. The van der Waals surface area contributed by atoms with Gasteiger partial charge in [-0.25, -0.2) is 5.43 Å². The molecule has 5 heteroatoms. The maximum atomic E-state index is 12.0. The molecule has 0 saturated heterocycles. The molecule has 0 atom stereocenters. The summed E-state index contributed by atoms with van der Waals surface area (Å²) in [4.78, 5) is 12.0. The van der Waals surface area contributed by atoms with Crippen molar-refractivity contribution in [2.24, 2.45) is 5.10 Å². The topological polar surface area (TPSA) is 41.5 Å². The van der Waals surface area contributed by atoms with Crippen molar-refractivity contribution in [3.8, 4) is 0 Å². The average molecular weight is 333 g/mol. The van der Waals surface area contributed by atoms with E-state index in [1.807, 2.05) is 43.3 Å². The highest BCUT2D eigenvalue weighted by Gasteiger charge is 2.09. The van der Waals surface area contributed by atoms with Gasteiger partial charge >= 0.3 is 0 Å². The number of carbonyl (C=O) groups is 1. The van der Waals surface area contributed by atoms with E-state index in [2.05, 4.69) is 10.5 Å². The van der Waals surface area contributed by atoms with Crippen molar-refractivity contribution >= 4 is 41.4 Å². The van der Waals surface area contributed by atoms with Crippen LogP contribution in [0.4, 0.5) is 0 Å². The normalized spacial score (nSPS) is 11.7. The molecular formula is C17H14Cl2N2O. The number of hydrazone groups is 1. The highest BCUT2D eigenvalue weighted by molar-refractivity contribution is 6.35. The second kappa shape index (κ2) is 7.78. The summed E-state index contributed by atoms with van der Waals surface area (Å²) >= 11 is 11.8. The van der Waals surface area contributed by atoms with Crippen LogP contribution >= 0.6 is 23.2 Å². The van der Waals surface area contributed by atoms with Gasteiger partial charge in [0, 0.05) is 5.02 Å². The summed E-state index contributed by atoms with van der Waals surface area (Å²) < 4.78 is 0. The van der Waals surface area contributed by atoms with Gasteiger partial charge in [0.25, 0.3) is 5.91 Å². The summed E-state index contributed by atoms with van der Waals surface area (Å²) in [6.07, 6.45) is 3.53. The first-order valence-electron chi connectivity index (χ1n) is 6.58. The Labute approximate surface area is 139 Å². The molecule has 1 N–H and O–H groups in total. The number of carbonyl (C=O) groups excluding carboxylic acids is 1. The second-order valence-corrected chi connectivity index (χ2v) is 5.47. The van der Waals surface area contributed by atoms with Gasteiger partial charge in [-0.1, -0.05) is 59.6 Å². The predicted octanol–water partition coefficient (Wildman–Crippen LogP) is 4.81. The third kappa shape index (κ3) is 4.72. The Balaban J connectivity index is 2.01. The molecule has 0 aliphatic carbocycles. The van der Waals surface area contributed by atoms with E-state index < -0.39 is 5.91 Å². The summed E-state index contributed by atoms with van der Waals surface area (Å²) in [5, 5.41) is 4.69. The fourth-order valence-corrected chi connectivity index (χ4v) is 2.15. The van der Waals surface area contributed by atoms with Crippen molar-refractivity contribution in [3.05, 3.63) is 75.3 Å². The molecule has 0 fully saturated rings. The van der Waals surface area contributed by atoms with Gasteiger partial charge in [-0.05, 0) is 36.3 Å². The molecule has 1 amide bonds. The first-order valence-corrected chi connectivity index (χ1v) is 7.33. The lowest BCUT2D eigenvalue weighted by molar-refractivity contribution is 0.0955. The third-order valence-electron chi connectivity index (χ3n) is 2.80. The van der Waals surface area contributed by atoms with E-state index in [1.165, 1.54) is 6.07 Å². The van der Waals surface area contributed by atoms with Crippen LogP contribution in [-0.4, -0.2) is 12.1 Å². The highest BCUT2D eigenvalue weighted by atomic mass is 35.5. The van der Waals surface area contributed by atoms with Gasteiger partial charge in [-0.2, -0.15) is 5.10 Å². The van der Waals surface area contributed by atoms with Crippen LogP contribution in [0.3, 0.4) is 0 Å². The van der Waals surface area contributed by atoms with Crippen LogP contribution in [-0.2, 0) is 0 Å². The van der Waals surface area contributed by atoms with E-state index in [4.69, 9.17) is 23.2 Å². The minimum absolute atomic E-state index is 0.288. The number of benzene rings is 2. The number of nitrogens with one attached hydrogen (secondary N) is 1. The number of nitrogens with zero attached hydrogens (tertiary/aromatic N) is 1. The van der Waals surface area contributed by atoms with Gasteiger partial charge in [0.15, 0.2) is 0 Å². The van der Waals surface area contributed by atoms with E-state index in [0.29, 0.717) is 10.0 Å². The number of allylic oxidation sites excluding steroid dienone is 1. The lowest BCUT2D eigenvalue weighted by Gasteiger charge is -2.03. The standard InChI is InChI=1S/C17H14Cl2N2O/c1-12(9-13-5-3-2-4-6-13)11-20-21-17(22)15-10-14(18)7-8-16(15)19/h2-11H,1H3,(H,21,22)/b12-9+,20-11-. The minimum atomic E-state index is -0.406. The molecule has 3 nitrogen and oxygen atoms in total. The summed E-state index contributed by atoms with van der Waals surface area (Å²) in [7, 11) is 0. The average Bonchev–Trinajstić information content (AvgIpc) is 2.50. The van der Waals surface area contributed by atoms with Gasteiger partial charge in [-0.3, -0.25) is 4.79 Å². The van der Waals surface area contributed by atoms with E-state index in [9.17, 15) is 4.79 Å². The Kier molecular flexibility index (Phi) is 5.75. The number of hydrogen-bond donors (Lipinski definition) is 1. The highest BCUT2D eigenvalue weighted by Crippen LogP contribution is 2.20. The molecule has 0 unspecified atom stereocenters. The van der Waals surface area contributed by atoms with E-state index in [1.54, 1.807) is 18.3 Å². The zero-order chi connectivity index (χ0) is 15.9. The molecule has 2 aromatic rings. The van der Waals surface area contributed by atoms with Crippen molar-refractivity contribution in [1.82, 2.24) is 5.43 Å². The summed E-state index contributed by atoms with van der Waals surface area (Å²) in [6.45, 7) is 1.90. The largest absolute Gasteiger partial charge is 0.272 e. The van der Waals surface area contributed by atoms with Crippen LogP contribution in [0.25, 0.3) is 6.08 Å². The maximum Gasteiger partial charge on any atom is 0.272 e. The molecule has 0 heterocycles. The van der Waals surface area contributed by atoms with Crippen LogP contribution in [0, 0.1) is 0 Å². The molecule has 0 aliphatic rings. The van der Waals surface area contributed by atoms with Gasteiger partial charge in [0.1, 0.15) is 0 Å². The molecule has 0 bridgehead atoms. The molecule has 2 aromatic carbocycles. The summed E-state index contributed by atoms with van der Waals surface area (Å²) in [6, 6.07) is 14.5. The first kappa shape index (κ1) is 16.3. The molecular weight excluding hydrogens is 319 g/mol. The molecule has 0 radical (unpaired) electrons. The minimum Gasteiger partial charge on any atom is -0.267 e. The quantitative estimate of drug-likeness (QED) is 0.633. The number of amides is 1. The van der Waals surface area contributed by atoms with Crippen molar-refractivity contribution < 1.29 is 4.79 Å². The van der Waals surface area contributed by atoms with Crippen LogP contribution in [0.2, 0.25) is 10.0 Å². The van der Waals surface area contributed by atoms with Gasteiger partial charge in [-0.15, -0.1) is 0 Å². The monoisotopic (exact) mass is 332 g/mol. The Hall–Kier alpha value is -2.10. The van der Waals surface area contributed by atoms with Crippen LogP contribution in [0.1, 0.15) is 22.8 Å². The van der Waals surface area contributed by atoms with Crippen LogP contribution < -0.4 is 5.43 Å². The van der Waals surface area contributed by atoms with Gasteiger partial charge in [0.2, 0.25) is 0 Å². The van der Waals surface area contributed by atoms with Crippen molar-refractivity contribution in [2.45, 2.75) is 6.92 Å². The Morgan fingerprint density at radius 1 is 1.14 bits per heavy atom. The van der Waals surface area contributed by atoms with Gasteiger partial charge < -0.3 is 0 Å². The predicted molar refractivity (Wildman–Crippen MR) is 92.5 cm³/mol. The summed E-state index contributed by atoms with van der Waals surface area (Å²) in [5.41, 5.74) is 4.69. The Morgan fingerprint density at radius 2 is 1.86 bits per heavy atom. The molecule has 0 spiro atoms. The number of halogens is 2. The molecule has 2 rings (SSSR count). The fourth-order valence-electron chi connectivity index (χ4n) is 1.77.